The van der Waals surface area contributed by atoms with Crippen molar-refractivity contribution in [3.63, 3.8) is 0 Å². The number of nitrogens with one attached hydrogen (secondary N) is 1. The first-order chi connectivity index (χ1) is 6.54. The molecule has 1 aromatic carbocycles. The summed E-state index contributed by atoms with van der Waals surface area (Å²) >= 11 is 0. The summed E-state index contributed by atoms with van der Waals surface area (Å²) in [5.74, 6) is 0.827. The summed E-state index contributed by atoms with van der Waals surface area (Å²) < 4.78 is 5.16. The zero-order valence-electron chi connectivity index (χ0n) is 8.66. The van der Waals surface area contributed by atoms with E-state index in [2.05, 4.69) is 5.32 Å². The molecule has 76 valence electrons. The summed E-state index contributed by atoms with van der Waals surface area (Å²) in [6, 6.07) is 5.74. The van der Waals surface area contributed by atoms with Gasteiger partial charge < -0.3 is 9.84 Å². The molecule has 0 saturated heterocycles. The number of fused-ring (bicyclic) bond motifs is 1. The highest BCUT2D eigenvalue weighted by atomic mass is 16.5. The van der Waals surface area contributed by atoms with Crippen LogP contribution in [0.5, 0.6) is 5.75 Å². The lowest BCUT2D eigenvalue weighted by atomic mass is 9.94. The fourth-order valence-electron chi connectivity index (χ4n) is 1.94. The van der Waals surface area contributed by atoms with Crippen molar-refractivity contribution in [3.05, 3.63) is 29.3 Å². The number of hydrogen-bond acceptors (Lipinski definition) is 3. The van der Waals surface area contributed by atoms with Crippen molar-refractivity contribution in [2.45, 2.75) is 25.6 Å². The average Bonchev–Trinajstić information content (AvgIpc) is 2.37. The normalized spacial score (nSPS) is 23.3. The SMILES string of the molecule is COc1ccc2c(c1)C(C)(C)NC2O. The van der Waals surface area contributed by atoms with E-state index in [0.717, 1.165) is 16.9 Å². The quantitative estimate of drug-likeness (QED) is 0.710. The molecule has 0 aliphatic carbocycles. The lowest BCUT2D eigenvalue weighted by molar-refractivity contribution is 0.124. The molecule has 1 aliphatic heterocycles. The summed E-state index contributed by atoms with van der Waals surface area (Å²) in [6.45, 7) is 4.09. The van der Waals surface area contributed by atoms with E-state index in [1.54, 1.807) is 7.11 Å². The van der Waals surface area contributed by atoms with Gasteiger partial charge in [0, 0.05) is 11.1 Å². The van der Waals surface area contributed by atoms with E-state index in [1.165, 1.54) is 0 Å². The predicted octanol–water partition coefficient (Wildman–Crippen LogP) is 1.52. The molecule has 3 heteroatoms. The smallest absolute Gasteiger partial charge is 0.132 e. The first-order valence-corrected chi connectivity index (χ1v) is 4.69. The zero-order chi connectivity index (χ0) is 10.3. The Kier molecular flexibility index (Phi) is 2.01. The number of aliphatic hydroxyl groups is 1. The van der Waals surface area contributed by atoms with Crippen molar-refractivity contribution in [2.75, 3.05) is 7.11 Å². The van der Waals surface area contributed by atoms with Gasteiger partial charge in [0.25, 0.3) is 0 Å². The molecular formula is C11H15NO2. The molecule has 3 nitrogen and oxygen atoms in total. The molecule has 1 atom stereocenters. The fraction of sp³-hybridized carbons (Fsp3) is 0.455. The number of hydrogen-bond donors (Lipinski definition) is 2. The Morgan fingerprint density at radius 3 is 2.79 bits per heavy atom. The van der Waals surface area contributed by atoms with Gasteiger partial charge in [0.1, 0.15) is 12.0 Å². The van der Waals surface area contributed by atoms with Gasteiger partial charge in [-0.25, -0.2) is 0 Å². The maximum atomic E-state index is 9.73. The van der Waals surface area contributed by atoms with Crippen molar-refractivity contribution >= 4 is 0 Å². The average molecular weight is 193 g/mol. The van der Waals surface area contributed by atoms with E-state index < -0.39 is 6.23 Å². The van der Waals surface area contributed by atoms with Gasteiger partial charge in [-0.3, -0.25) is 5.32 Å². The summed E-state index contributed by atoms with van der Waals surface area (Å²) in [6.07, 6.45) is -0.564. The molecule has 1 aliphatic rings. The highest BCUT2D eigenvalue weighted by molar-refractivity contribution is 5.43. The minimum absolute atomic E-state index is 0.191. The summed E-state index contributed by atoms with van der Waals surface area (Å²) in [5.41, 5.74) is 1.85. The van der Waals surface area contributed by atoms with Gasteiger partial charge in [-0.05, 0) is 31.5 Å². The molecule has 0 saturated carbocycles. The van der Waals surface area contributed by atoms with Gasteiger partial charge in [-0.15, -0.1) is 0 Å². The van der Waals surface area contributed by atoms with Gasteiger partial charge in [0.15, 0.2) is 0 Å². The number of ether oxygens (including phenoxy) is 1. The molecule has 1 unspecified atom stereocenters. The third-order valence-electron chi connectivity index (χ3n) is 2.73. The van der Waals surface area contributed by atoms with Crippen LogP contribution in [0.1, 0.15) is 31.2 Å². The van der Waals surface area contributed by atoms with Crippen molar-refractivity contribution in [3.8, 4) is 5.75 Å². The monoisotopic (exact) mass is 193 g/mol. The number of methoxy groups -OCH3 is 1. The van der Waals surface area contributed by atoms with Crippen molar-refractivity contribution in [1.82, 2.24) is 5.32 Å². The molecule has 0 spiro atoms. The molecule has 14 heavy (non-hydrogen) atoms. The van der Waals surface area contributed by atoms with Gasteiger partial charge in [-0.1, -0.05) is 6.07 Å². The van der Waals surface area contributed by atoms with Crippen LogP contribution in [0.3, 0.4) is 0 Å². The predicted molar refractivity (Wildman–Crippen MR) is 54.1 cm³/mol. The van der Waals surface area contributed by atoms with E-state index in [-0.39, 0.29) is 5.54 Å². The van der Waals surface area contributed by atoms with E-state index >= 15 is 0 Å². The van der Waals surface area contributed by atoms with Crippen molar-refractivity contribution in [2.24, 2.45) is 0 Å². The molecule has 2 rings (SSSR count). The molecule has 0 aromatic heterocycles. The van der Waals surface area contributed by atoms with Crippen LogP contribution in [-0.2, 0) is 5.54 Å². The van der Waals surface area contributed by atoms with Gasteiger partial charge >= 0.3 is 0 Å². The second-order valence-corrected chi connectivity index (χ2v) is 4.13. The van der Waals surface area contributed by atoms with Crippen LogP contribution in [0.2, 0.25) is 0 Å². The van der Waals surface area contributed by atoms with E-state index in [1.807, 2.05) is 32.0 Å². The minimum atomic E-state index is -0.564. The van der Waals surface area contributed by atoms with Gasteiger partial charge in [0.2, 0.25) is 0 Å². The van der Waals surface area contributed by atoms with Crippen LogP contribution < -0.4 is 10.1 Å². The fourth-order valence-corrected chi connectivity index (χ4v) is 1.94. The second kappa shape index (κ2) is 2.97. The Morgan fingerprint density at radius 1 is 1.43 bits per heavy atom. The molecule has 0 fully saturated rings. The molecule has 2 N–H and O–H groups in total. The Balaban J connectivity index is 2.53. The Labute approximate surface area is 83.7 Å². The van der Waals surface area contributed by atoms with Crippen molar-refractivity contribution in [1.29, 1.82) is 0 Å². The molecule has 0 radical (unpaired) electrons. The number of rotatable bonds is 1. The lowest BCUT2D eigenvalue weighted by Gasteiger charge is -2.20. The number of benzene rings is 1. The highest BCUT2D eigenvalue weighted by Crippen LogP contribution is 2.37. The van der Waals surface area contributed by atoms with Gasteiger partial charge in [-0.2, -0.15) is 0 Å². The van der Waals surface area contributed by atoms with Crippen LogP contribution in [0.25, 0.3) is 0 Å². The molecule has 1 aromatic rings. The summed E-state index contributed by atoms with van der Waals surface area (Å²) in [5, 5.41) is 12.8. The van der Waals surface area contributed by atoms with Crippen LogP contribution >= 0.6 is 0 Å². The standard InChI is InChI=1S/C11H15NO2/c1-11(2)9-6-7(14-3)4-5-8(9)10(13)12-11/h4-6,10,12-13H,1-3H3. The number of aliphatic hydroxyl groups excluding tert-OH is 1. The maximum Gasteiger partial charge on any atom is 0.132 e. The Morgan fingerprint density at radius 2 is 2.14 bits per heavy atom. The van der Waals surface area contributed by atoms with E-state index in [4.69, 9.17) is 4.74 Å². The highest BCUT2D eigenvalue weighted by Gasteiger charge is 2.35. The minimum Gasteiger partial charge on any atom is -0.497 e. The van der Waals surface area contributed by atoms with E-state index in [9.17, 15) is 5.11 Å². The Bertz CT molecular complexity index is 360. The van der Waals surface area contributed by atoms with Gasteiger partial charge in [0.05, 0.1) is 7.11 Å². The van der Waals surface area contributed by atoms with Crippen molar-refractivity contribution < 1.29 is 9.84 Å². The summed E-state index contributed by atoms with van der Waals surface area (Å²) in [4.78, 5) is 0. The lowest BCUT2D eigenvalue weighted by Crippen LogP contribution is -2.31. The molecule has 1 heterocycles. The third kappa shape index (κ3) is 1.29. The third-order valence-corrected chi connectivity index (χ3v) is 2.73. The van der Waals surface area contributed by atoms with Crippen LogP contribution in [0.15, 0.2) is 18.2 Å². The molecule has 0 amide bonds. The van der Waals surface area contributed by atoms with Crippen LogP contribution in [0, 0.1) is 0 Å². The zero-order valence-corrected chi connectivity index (χ0v) is 8.66. The first kappa shape index (κ1) is 9.49. The maximum absolute atomic E-state index is 9.73. The molecule has 0 bridgehead atoms. The second-order valence-electron chi connectivity index (χ2n) is 4.13. The summed E-state index contributed by atoms with van der Waals surface area (Å²) in [7, 11) is 1.65. The van der Waals surface area contributed by atoms with E-state index in [0.29, 0.717) is 0 Å². The molecular weight excluding hydrogens is 178 g/mol. The van der Waals surface area contributed by atoms with Crippen LogP contribution in [0.4, 0.5) is 0 Å². The van der Waals surface area contributed by atoms with Crippen LogP contribution in [-0.4, -0.2) is 12.2 Å². The Hall–Kier alpha value is -1.06. The first-order valence-electron chi connectivity index (χ1n) is 4.69. The largest absolute Gasteiger partial charge is 0.497 e. The topological polar surface area (TPSA) is 41.5 Å².